The number of ether oxygens (including phenoxy) is 1. The minimum atomic E-state index is -0.376. The lowest BCUT2D eigenvalue weighted by atomic mass is 9.65. The van der Waals surface area contributed by atoms with Crippen molar-refractivity contribution in [1.82, 2.24) is 0 Å². The number of nitrogens with zero attached hydrogens (tertiary/aromatic N) is 1. The molecule has 4 heteroatoms. The second-order valence-corrected chi connectivity index (χ2v) is 9.11. The Morgan fingerprint density at radius 3 is 2.27 bits per heavy atom. The summed E-state index contributed by atoms with van der Waals surface area (Å²) >= 11 is 5.94. The summed E-state index contributed by atoms with van der Waals surface area (Å²) in [5.74, 6) is 0.572. The SMILES string of the molecule is CC1(C)C[C@](C)(c2ccccc2)c2ccccc2N1C(=O)COc1ccc(Cl)cc1. The number of hydrogen-bond donors (Lipinski definition) is 0. The first-order valence-corrected chi connectivity index (χ1v) is 10.6. The lowest BCUT2D eigenvalue weighted by Crippen LogP contribution is -2.57. The summed E-state index contributed by atoms with van der Waals surface area (Å²) in [5, 5.41) is 0.639. The number of rotatable bonds is 4. The number of amides is 1. The zero-order valence-corrected chi connectivity index (χ0v) is 18.3. The molecule has 0 saturated heterocycles. The van der Waals surface area contributed by atoms with Crippen LogP contribution in [0.25, 0.3) is 0 Å². The topological polar surface area (TPSA) is 29.5 Å². The van der Waals surface area contributed by atoms with Gasteiger partial charge in [-0.05, 0) is 61.7 Å². The minimum absolute atomic E-state index is 0.0263. The molecule has 0 N–H and O–H groups in total. The fraction of sp³-hybridized carbons (Fsp3) is 0.269. The Hall–Kier alpha value is -2.78. The monoisotopic (exact) mass is 419 g/mol. The van der Waals surface area contributed by atoms with Crippen LogP contribution in [0.4, 0.5) is 5.69 Å². The van der Waals surface area contributed by atoms with E-state index in [0.29, 0.717) is 10.8 Å². The number of para-hydroxylation sites is 1. The lowest BCUT2D eigenvalue weighted by molar-refractivity contribution is -0.121. The number of halogens is 1. The summed E-state index contributed by atoms with van der Waals surface area (Å²) in [4.78, 5) is 15.2. The fourth-order valence-corrected chi connectivity index (χ4v) is 4.90. The van der Waals surface area contributed by atoms with Crippen molar-refractivity contribution in [2.24, 2.45) is 0 Å². The molecular formula is C26H26ClNO2. The second kappa shape index (κ2) is 7.81. The van der Waals surface area contributed by atoms with Gasteiger partial charge in [0, 0.05) is 21.7 Å². The fourth-order valence-electron chi connectivity index (χ4n) is 4.78. The van der Waals surface area contributed by atoms with Crippen molar-refractivity contribution in [3.8, 4) is 5.75 Å². The number of anilines is 1. The lowest BCUT2D eigenvalue weighted by Gasteiger charge is -2.51. The van der Waals surface area contributed by atoms with Gasteiger partial charge in [0.2, 0.25) is 0 Å². The molecule has 0 aliphatic carbocycles. The zero-order chi connectivity index (χ0) is 21.4. The summed E-state index contributed by atoms with van der Waals surface area (Å²) in [6.45, 7) is 6.50. The molecule has 3 nitrogen and oxygen atoms in total. The normalized spacial score (nSPS) is 19.8. The highest BCUT2D eigenvalue weighted by atomic mass is 35.5. The van der Waals surface area contributed by atoms with E-state index in [0.717, 1.165) is 17.7 Å². The van der Waals surface area contributed by atoms with E-state index in [1.165, 1.54) is 5.56 Å². The number of carbonyl (C=O) groups is 1. The number of benzene rings is 3. The zero-order valence-electron chi connectivity index (χ0n) is 17.6. The van der Waals surface area contributed by atoms with Crippen LogP contribution >= 0.6 is 11.6 Å². The van der Waals surface area contributed by atoms with Crippen molar-refractivity contribution in [3.05, 3.63) is 95.0 Å². The molecule has 0 fully saturated rings. The van der Waals surface area contributed by atoms with Gasteiger partial charge in [0.1, 0.15) is 5.75 Å². The first-order chi connectivity index (χ1) is 14.3. The molecule has 0 unspecified atom stereocenters. The van der Waals surface area contributed by atoms with Crippen molar-refractivity contribution in [3.63, 3.8) is 0 Å². The molecule has 0 bridgehead atoms. The van der Waals surface area contributed by atoms with Gasteiger partial charge in [0.15, 0.2) is 6.61 Å². The highest BCUT2D eigenvalue weighted by Crippen LogP contribution is 2.50. The average Bonchev–Trinajstić information content (AvgIpc) is 2.73. The molecule has 1 amide bonds. The number of fused-ring (bicyclic) bond motifs is 1. The molecule has 30 heavy (non-hydrogen) atoms. The molecule has 1 heterocycles. The maximum absolute atomic E-state index is 13.3. The molecule has 0 saturated carbocycles. The van der Waals surface area contributed by atoms with Gasteiger partial charge in [-0.15, -0.1) is 0 Å². The van der Waals surface area contributed by atoms with Crippen LogP contribution in [0.15, 0.2) is 78.9 Å². The largest absolute Gasteiger partial charge is 0.484 e. The maximum atomic E-state index is 13.3. The summed E-state index contributed by atoms with van der Waals surface area (Å²) in [5.41, 5.74) is 2.81. The molecule has 3 aromatic carbocycles. The van der Waals surface area contributed by atoms with Crippen molar-refractivity contribution in [2.75, 3.05) is 11.5 Å². The van der Waals surface area contributed by atoms with Gasteiger partial charge in [0.25, 0.3) is 5.91 Å². The summed E-state index contributed by atoms with van der Waals surface area (Å²) < 4.78 is 5.77. The third-order valence-electron chi connectivity index (χ3n) is 5.97. The second-order valence-electron chi connectivity index (χ2n) is 8.68. The van der Waals surface area contributed by atoms with E-state index in [-0.39, 0.29) is 23.5 Å². The van der Waals surface area contributed by atoms with Crippen LogP contribution in [0.2, 0.25) is 5.02 Å². The Bertz CT molecular complexity index is 1050. The Labute approximate surface area is 183 Å². The van der Waals surface area contributed by atoms with E-state index in [4.69, 9.17) is 16.3 Å². The Morgan fingerprint density at radius 1 is 0.933 bits per heavy atom. The van der Waals surface area contributed by atoms with Crippen molar-refractivity contribution >= 4 is 23.2 Å². The summed E-state index contributed by atoms with van der Waals surface area (Å²) in [7, 11) is 0. The van der Waals surface area contributed by atoms with E-state index < -0.39 is 0 Å². The molecule has 0 radical (unpaired) electrons. The predicted octanol–water partition coefficient (Wildman–Crippen LogP) is 6.24. The van der Waals surface area contributed by atoms with Gasteiger partial charge < -0.3 is 9.64 Å². The van der Waals surface area contributed by atoms with Crippen LogP contribution in [0.5, 0.6) is 5.75 Å². The molecule has 154 valence electrons. The Morgan fingerprint density at radius 2 is 1.57 bits per heavy atom. The maximum Gasteiger partial charge on any atom is 0.265 e. The van der Waals surface area contributed by atoms with Gasteiger partial charge in [-0.25, -0.2) is 0 Å². The predicted molar refractivity (Wildman–Crippen MR) is 122 cm³/mol. The van der Waals surface area contributed by atoms with Gasteiger partial charge in [0.05, 0.1) is 0 Å². The summed E-state index contributed by atoms with van der Waals surface area (Å²) in [6, 6.07) is 25.8. The van der Waals surface area contributed by atoms with Crippen LogP contribution in [0, 0.1) is 0 Å². The Balaban J connectivity index is 1.68. The van der Waals surface area contributed by atoms with Crippen LogP contribution in [0.1, 0.15) is 38.3 Å². The first kappa shape index (κ1) is 20.5. The van der Waals surface area contributed by atoms with Crippen molar-refractivity contribution in [1.29, 1.82) is 0 Å². The van der Waals surface area contributed by atoms with E-state index >= 15 is 0 Å². The molecule has 1 aliphatic heterocycles. The molecule has 4 rings (SSSR count). The van der Waals surface area contributed by atoms with E-state index in [2.05, 4.69) is 51.1 Å². The molecule has 1 aliphatic rings. The van der Waals surface area contributed by atoms with Gasteiger partial charge in [-0.3, -0.25) is 4.79 Å². The van der Waals surface area contributed by atoms with Gasteiger partial charge >= 0.3 is 0 Å². The summed E-state index contributed by atoms with van der Waals surface area (Å²) in [6.07, 6.45) is 0.813. The average molecular weight is 420 g/mol. The smallest absolute Gasteiger partial charge is 0.265 e. The quantitative estimate of drug-likeness (QED) is 0.500. The molecule has 3 aromatic rings. The van der Waals surface area contributed by atoms with Crippen LogP contribution in [-0.4, -0.2) is 18.1 Å². The number of carbonyl (C=O) groups excluding carboxylic acids is 1. The first-order valence-electron chi connectivity index (χ1n) is 10.2. The molecular weight excluding hydrogens is 394 g/mol. The van der Waals surface area contributed by atoms with E-state index in [9.17, 15) is 4.79 Å². The molecule has 1 atom stereocenters. The third kappa shape index (κ3) is 3.70. The van der Waals surface area contributed by atoms with Gasteiger partial charge in [-0.2, -0.15) is 0 Å². The third-order valence-corrected chi connectivity index (χ3v) is 6.22. The van der Waals surface area contributed by atoms with Crippen LogP contribution < -0.4 is 9.64 Å². The molecule has 0 spiro atoms. The van der Waals surface area contributed by atoms with Crippen molar-refractivity contribution < 1.29 is 9.53 Å². The van der Waals surface area contributed by atoms with E-state index in [1.54, 1.807) is 24.3 Å². The molecule has 0 aromatic heterocycles. The standard InChI is InChI=1S/C26H26ClNO2/c1-25(2)18-26(3,19-9-5-4-6-10-19)22-11-7-8-12-23(22)28(25)24(29)17-30-21-15-13-20(27)14-16-21/h4-16H,17-18H2,1-3H3/t26-/m1/s1. The number of hydrogen-bond acceptors (Lipinski definition) is 2. The highest BCUT2D eigenvalue weighted by Gasteiger charge is 2.47. The minimum Gasteiger partial charge on any atom is -0.484 e. The van der Waals surface area contributed by atoms with E-state index in [1.807, 2.05) is 29.2 Å². The van der Waals surface area contributed by atoms with Gasteiger partial charge in [-0.1, -0.05) is 67.1 Å². The Kier molecular flexibility index (Phi) is 5.33. The van der Waals surface area contributed by atoms with Crippen LogP contribution in [-0.2, 0) is 10.2 Å². The van der Waals surface area contributed by atoms with Crippen molar-refractivity contribution in [2.45, 2.75) is 38.1 Å². The van der Waals surface area contributed by atoms with Crippen LogP contribution in [0.3, 0.4) is 0 Å². The highest BCUT2D eigenvalue weighted by molar-refractivity contribution is 6.30.